The maximum absolute atomic E-state index is 12.2. The van der Waals surface area contributed by atoms with Crippen LogP contribution in [0.5, 0.6) is 0 Å². The molecule has 7 heteroatoms. The summed E-state index contributed by atoms with van der Waals surface area (Å²) in [4.78, 5) is 36.5. The molecule has 0 aliphatic heterocycles. The number of carbonyl (C=O) groups excluding carboxylic acids is 1. The number of carboxylic acid groups (broad SMARTS) is 3. The average Bonchev–Trinajstić information content (AvgIpc) is 2.86. The summed E-state index contributed by atoms with van der Waals surface area (Å²) < 4.78 is -0.487. The molecule has 0 rings (SSSR count). The molecule has 7 nitrogen and oxygen atoms in total. The smallest absolute Gasteiger partial charge is 0.362 e. The molecule has 0 aromatic carbocycles. The van der Waals surface area contributed by atoms with E-state index in [1.54, 1.807) is 20.8 Å². The molecule has 3 atom stereocenters. The third-order valence-electron chi connectivity index (χ3n) is 8.05. The van der Waals surface area contributed by atoms with Crippen molar-refractivity contribution < 1.29 is 34.2 Å². The van der Waals surface area contributed by atoms with Gasteiger partial charge in [0.15, 0.2) is 12.1 Å². The Balaban J connectivity index is 4.74. The molecule has 222 valence electrons. The van der Waals surface area contributed by atoms with Gasteiger partial charge in [-0.2, -0.15) is 0 Å². The van der Waals surface area contributed by atoms with Crippen LogP contribution in [0, 0.1) is 0 Å². The van der Waals surface area contributed by atoms with E-state index in [2.05, 4.69) is 19.1 Å². The second-order valence-electron chi connectivity index (χ2n) is 10.8. The van der Waals surface area contributed by atoms with Gasteiger partial charge in [0.2, 0.25) is 0 Å². The lowest BCUT2D eigenvalue weighted by Crippen LogP contribution is -2.73. The minimum atomic E-state index is -1.38. The van der Waals surface area contributed by atoms with Crippen LogP contribution in [0.1, 0.15) is 143 Å². The third-order valence-corrected chi connectivity index (χ3v) is 8.05. The Bertz CT molecular complexity index is 622. The maximum Gasteiger partial charge on any atom is 0.362 e. The Morgan fingerprint density at radius 2 is 0.974 bits per heavy atom. The van der Waals surface area contributed by atoms with E-state index >= 15 is 0 Å². The normalized spacial score (nSPS) is 15.7. The minimum Gasteiger partial charge on any atom is -0.544 e. The number of hydrogen-bond acceptors (Lipinski definition) is 4. The molecule has 38 heavy (non-hydrogen) atoms. The molecular formula is C31H57NO6. The third kappa shape index (κ3) is 12.8. The van der Waals surface area contributed by atoms with Crippen LogP contribution in [0.4, 0.5) is 0 Å². The molecule has 0 aromatic heterocycles. The van der Waals surface area contributed by atoms with Crippen LogP contribution in [0.2, 0.25) is 0 Å². The highest BCUT2D eigenvalue weighted by Crippen LogP contribution is 2.32. The number of rotatable bonds is 26. The van der Waals surface area contributed by atoms with Crippen molar-refractivity contribution in [3.8, 4) is 0 Å². The van der Waals surface area contributed by atoms with Gasteiger partial charge in [-0.3, -0.25) is 4.48 Å². The van der Waals surface area contributed by atoms with E-state index in [1.165, 1.54) is 70.6 Å². The van der Waals surface area contributed by atoms with Crippen LogP contribution in [-0.2, 0) is 14.4 Å². The van der Waals surface area contributed by atoms with Crippen molar-refractivity contribution in [3.63, 3.8) is 0 Å². The first kappa shape index (κ1) is 36.1. The van der Waals surface area contributed by atoms with Crippen molar-refractivity contribution in [2.75, 3.05) is 6.54 Å². The summed E-state index contributed by atoms with van der Waals surface area (Å²) in [5, 5.41) is 32.1. The van der Waals surface area contributed by atoms with Crippen LogP contribution in [0.25, 0.3) is 0 Å². The Hall–Kier alpha value is -1.89. The van der Waals surface area contributed by atoms with E-state index < -0.39 is 40.5 Å². The number of quaternary nitrogens is 1. The number of allylic oxidation sites excluding steroid dienone is 2. The van der Waals surface area contributed by atoms with Crippen molar-refractivity contribution >= 4 is 17.9 Å². The summed E-state index contributed by atoms with van der Waals surface area (Å²) >= 11 is 0. The Morgan fingerprint density at radius 3 is 1.32 bits per heavy atom. The Kier molecular flexibility index (Phi) is 20.9. The predicted molar refractivity (Wildman–Crippen MR) is 152 cm³/mol. The van der Waals surface area contributed by atoms with Gasteiger partial charge in [0.1, 0.15) is 6.04 Å². The number of carboxylic acids is 3. The molecule has 0 fully saturated rings. The average molecular weight is 540 g/mol. The van der Waals surface area contributed by atoms with Crippen LogP contribution >= 0.6 is 0 Å². The molecule has 0 aliphatic rings. The summed E-state index contributed by atoms with van der Waals surface area (Å²) in [7, 11) is 0. The van der Waals surface area contributed by atoms with Crippen LogP contribution < -0.4 is 5.11 Å². The molecular weight excluding hydrogens is 482 g/mol. The highest BCUT2D eigenvalue weighted by atomic mass is 16.4. The monoisotopic (exact) mass is 539 g/mol. The zero-order chi connectivity index (χ0) is 28.8. The molecule has 0 aromatic rings. The highest BCUT2D eigenvalue weighted by Gasteiger charge is 2.53. The number of carbonyl (C=O) groups is 3. The first-order valence-electron chi connectivity index (χ1n) is 15.4. The number of unbranched alkanes of at least 4 members (excludes halogenated alkanes) is 13. The van der Waals surface area contributed by atoms with Crippen LogP contribution in [-0.4, -0.2) is 57.3 Å². The van der Waals surface area contributed by atoms with E-state index in [-0.39, 0.29) is 25.8 Å². The molecule has 3 unspecified atom stereocenters. The number of nitrogens with zero attached hydrogens (tertiary/aromatic N) is 1. The summed E-state index contributed by atoms with van der Waals surface area (Å²) in [6.07, 6.45) is 22.5. The zero-order valence-electron chi connectivity index (χ0n) is 24.8. The standard InChI is InChI=1S/C31H57NO6/c1-5-9-10-11-12-13-14-15-16-17-18-19-20-21-22-23-24-25-32(26(6-2)29(33)34,27(7-3)30(35)36)28(8-4)31(37)38/h20-21,26-28H,5-19,22-25H2,1-4H3,(H2-,33,34,35,36,37,38)/b21-20+. The van der Waals surface area contributed by atoms with Gasteiger partial charge in [-0.05, 0) is 32.1 Å². The fourth-order valence-corrected chi connectivity index (χ4v) is 6.07. The van der Waals surface area contributed by atoms with Gasteiger partial charge < -0.3 is 20.1 Å². The quantitative estimate of drug-likeness (QED) is 0.0738. The summed E-state index contributed by atoms with van der Waals surface area (Å²) in [5.41, 5.74) is 0. The second-order valence-corrected chi connectivity index (χ2v) is 10.8. The van der Waals surface area contributed by atoms with E-state index in [0.29, 0.717) is 6.42 Å². The van der Waals surface area contributed by atoms with E-state index in [0.717, 1.165) is 19.3 Å². The molecule has 0 saturated heterocycles. The predicted octanol–water partition coefficient (Wildman–Crippen LogP) is 6.49. The van der Waals surface area contributed by atoms with Crippen molar-refractivity contribution in [3.05, 3.63) is 12.2 Å². The van der Waals surface area contributed by atoms with E-state index in [1.807, 2.05) is 0 Å². The highest BCUT2D eigenvalue weighted by molar-refractivity contribution is 5.77. The fraction of sp³-hybridized carbons (Fsp3) is 0.839. The fourth-order valence-electron chi connectivity index (χ4n) is 6.07. The van der Waals surface area contributed by atoms with Gasteiger partial charge in [-0.25, -0.2) is 9.59 Å². The lowest BCUT2D eigenvalue weighted by atomic mass is 9.94. The first-order chi connectivity index (χ1) is 18.2. The van der Waals surface area contributed by atoms with Crippen molar-refractivity contribution in [1.29, 1.82) is 0 Å². The molecule has 0 radical (unpaired) electrons. The number of aliphatic carboxylic acids is 3. The number of hydrogen-bond donors (Lipinski definition) is 2. The van der Waals surface area contributed by atoms with E-state index in [4.69, 9.17) is 0 Å². The Morgan fingerprint density at radius 1 is 0.605 bits per heavy atom. The molecule has 0 bridgehead atoms. The SMILES string of the molecule is CCCCCCCCCCCCC/C=C/CCCC[N+](C(CC)C(=O)[O-])(C(CC)C(=O)O)C(CC)C(=O)O. The van der Waals surface area contributed by atoms with Crippen LogP contribution in [0.3, 0.4) is 0 Å². The lowest BCUT2D eigenvalue weighted by molar-refractivity contribution is -0.974. The lowest BCUT2D eigenvalue weighted by Gasteiger charge is -2.51. The Labute approximate surface area is 232 Å². The van der Waals surface area contributed by atoms with E-state index in [9.17, 15) is 29.7 Å². The van der Waals surface area contributed by atoms with Gasteiger partial charge in [-0.15, -0.1) is 0 Å². The molecule has 0 heterocycles. The maximum atomic E-state index is 12.2. The minimum absolute atomic E-state index is 0.120. The summed E-state index contributed by atoms with van der Waals surface area (Å²) in [6, 6.07) is -3.42. The summed E-state index contributed by atoms with van der Waals surface area (Å²) in [5.74, 6) is -3.68. The zero-order valence-corrected chi connectivity index (χ0v) is 24.8. The molecule has 0 spiro atoms. The van der Waals surface area contributed by atoms with Crippen LogP contribution in [0.15, 0.2) is 12.2 Å². The van der Waals surface area contributed by atoms with Crippen molar-refractivity contribution in [2.45, 2.75) is 161 Å². The van der Waals surface area contributed by atoms with Gasteiger partial charge in [0.25, 0.3) is 0 Å². The molecule has 2 N–H and O–H groups in total. The van der Waals surface area contributed by atoms with Gasteiger partial charge in [0.05, 0.1) is 12.5 Å². The molecule has 0 aliphatic carbocycles. The van der Waals surface area contributed by atoms with Gasteiger partial charge in [-0.1, -0.05) is 104 Å². The second kappa shape index (κ2) is 22.0. The molecule has 0 saturated carbocycles. The van der Waals surface area contributed by atoms with Crippen molar-refractivity contribution in [1.82, 2.24) is 0 Å². The van der Waals surface area contributed by atoms with Gasteiger partial charge in [0, 0.05) is 19.3 Å². The topological polar surface area (TPSA) is 115 Å². The largest absolute Gasteiger partial charge is 0.544 e. The first-order valence-corrected chi connectivity index (χ1v) is 15.4. The van der Waals surface area contributed by atoms with Crippen molar-refractivity contribution in [2.24, 2.45) is 0 Å². The van der Waals surface area contributed by atoms with Gasteiger partial charge >= 0.3 is 11.9 Å². The molecule has 0 amide bonds. The summed E-state index contributed by atoms with van der Waals surface area (Å²) in [6.45, 7) is 7.46.